The molecule has 0 saturated heterocycles. The molecule has 0 fully saturated rings. The number of quaternary nitrogens is 1. The van der Waals surface area contributed by atoms with Crippen molar-refractivity contribution < 1.29 is 3.28 Å². The first kappa shape index (κ1) is 11.8. The number of alkyl halides is 2. The molecule has 0 spiro atoms. The topological polar surface area (TPSA) is 27.5 Å². The van der Waals surface area contributed by atoms with Gasteiger partial charge < -0.3 is 0 Å². The number of hydrogen-bond donors (Lipinski definition) is 1. The van der Waals surface area contributed by atoms with Crippen LogP contribution in [0.3, 0.4) is 0 Å². The normalized spacial score (nSPS) is 13.9. The summed E-state index contributed by atoms with van der Waals surface area (Å²) in [6.45, 7) is 2.08. The average Bonchev–Trinajstić information content (AvgIpc) is 2.27. The van der Waals surface area contributed by atoms with Gasteiger partial charge in [0.2, 0.25) is 0 Å². The van der Waals surface area contributed by atoms with E-state index in [-0.39, 0.29) is 0 Å². The molecule has 86 valence electrons. The summed E-state index contributed by atoms with van der Waals surface area (Å²) in [4.78, 5) is 4.18. The van der Waals surface area contributed by atoms with Crippen LogP contribution in [0.25, 0.3) is 10.8 Å². The molecule has 0 aliphatic heterocycles. The Labute approximate surface area is 104 Å². The van der Waals surface area contributed by atoms with Crippen LogP contribution in [0, 0.1) is 12.1 Å². The number of fused-ring (bicyclic) bond motifs is 1. The average molecular weight is 329 g/mol. The van der Waals surface area contributed by atoms with Crippen LogP contribution in [-0.4, -0.2) is 9.86 Å². The van der Waals surface area contributed by atoms with Gasteiger partial charge >= 0.3 is 104 Å². The molecule has 0 bridgehead atoms. The molecule has 16 heavy (non-hydrogen) atoms. The first-order valence-corrected chi connectivity index (χ1v) is 10.5. The molecule has 0 saturated carbocycles. The molecule has 0 aliphatic rings. The van der Waals surface area contributed by atoms with E-state index in [1.54, 1.807) is 0 Å². The minimum absolute atomic E-state index is 0.367. The van der Waals surface area contributed by atoms with Crippen molar-refractivity contribution >= 4 is 36.6 Å². The van der Waals surface area contributed by atoms with Crippen molar-refractivity contribution in [2.24, 2.45) is 0 Å². The van der Waals surface area contributed by atoms with Gasteiger partial charge in [-0.25, -0.2) is 0 Å². The molecular weight excluding hydrogens is 313 g/mol. The second-order valence-electron chi connectivity index (χ2n) is 4.10. The monoisotopic (exact) mass is 329 g/mol. The number of nitrogens with one attached hydrogen (secondary N) is 1. The molecule has 2 nitrogen and oxygen atoms in total. The van der Waals surface area contributed by atoms with Crippen molar-refractivity contribution in [2.75, 3.05) is 9.86 Å². The van der Waals surface area contributed by atoms with E-state index in [0.717, 1.165) is 11.1 Å². The van der Waals surface area contributed by atoms with Gasteiger partial charge in [0.15, 0.2) is 0 Å². The van der Waals surface area contributed by atoms with Gasteiger partial charge in [0.1, 0.15) is 0 Å². The van der Waals surface area contributed by atoms with E-state index in [1.165, 1.54) is 10.9 Å². The molecule has 1 N–H and O–H groups in total. The second kappa shape index (κ2) is 4.69. The van der Waals surface area contributed by atoms with E-state index in [4.69, 9.17) is 0 Å². The molecule has 0 amide bonds. The molecule has 1 atom stereocenters. The third-order valence-electron chi connectivity index (χ3n) is 2.57. The first-order chi connectivity index (χ1) is 7.58. The molecule has 0 heterocycles. The third kappa shape index (κ3) is 2.36. The van der Waals surface area contributed by atoms with Gasteiger partial charge in [-0.1, -0.05) is 0 Å². The molecule has 0 radical (unpaired) electrons. The number of hydrogen-bond acceptors (Lipinski definition) is 1. The molecule has 0 aliphatic carbocycles. The van der Waals surface area contributed by atoms with Crippen LogP contribution in [0.5, 0.6) is 0 Å². The summed E-state index contributed by atoms with van der Waals surface area (Å²) in [5, 5.41) is 14.3. The van der Waals surface area contributed by atoms with Gasteiger partial charge in [-0.2, -0.15) is 0 Å². The maximum atomic E-state index is 11.9. The maximum absolute atomic E-state index is 11.9. The summed E-state index contributed by atoms with van der Waals surface area (Å²) < 4.78 is 0.367. The van der Waals surface area contributed by atoms with Crippen molar-refractivity contribution in [2.45, 2.75) is 6.92 Å². The van der Waals surface area contributed by atoms with Gasteiger partial charge in [-0.05, 0) is 0 Å². The number of aryl methyl sites for hydroxylation is 1. The quantitative estimate of drug-likeness (QED) is 0.390. The van der Waals surface area contributed by atoms with Gasteiger partial charge in [-0.15, -0.1) is 0 Å². The van der Waals surface area contributed by atoms with Gasteiger partial charge in [0, 0.05) is 0 Å². The summed E-state index contributed by atoms with van der Waals surface area (Å²) in [6.07, 6.45) is 0. The van der Waals surface area contributed by atoms with Crippen molar-refractivity contribution in [3.05, 3.63) is 47.2 Å². The van der Waals surface area contributed by atoms with Crippen LogP contribution in [-0.2, 0) is 0 Å². The fourth-order valence-corrected chi connectivity index (χ4v) is 3.29. The standard InChI is InChI=1S/C13H16INO/c1-10-4-5-12-9-13(15(16)14(2)3)7-6-11(12)8-10/h4-9,15H,1-3H3. The van der Waals surface area contributed by atoms with Crippen LogP contribution in [0.4, 0.5) is 5.69 Å². The molecule has 3 heteroatoms. The van der Waals surface area contributed by atoms with E-state index in [2.05, 4.69) is 41.1 Å². The Bertz CT molecular complexity index is 510. The zero-order valence-electron chi connectivity index (χ0n) is 9.75. The fourth-order valence-electron chi connectivity index (χ4n) is 1.71. The van der Waals surface area contributed by atoms with Crippen molar-refractivity contribution in [1.82, 2.24) is 0 Å². The number of rotatable bonds is 2. The molecule has 1 unspecified atom stereocenters. The Kier molecular flexibility index (Phi) is 3.47. The second-order valence-corrected chi connectivity index (χ2v) is 9.39. The Hall–Kier alpha value is -0.650. The van der Waals surface area contributed by atoms with Crippen LogP contribution >= 0.6 is 20.1 Å². The Morgan fingerprint density at radius 1 is 1.00 bits per heavy atom. The molecule has 2 aromatic carbocycles. The van der Waals surface area contributed by atoms with Crippen molar-refractivity contribution in [3.63, 3.8) is 0 Å². The summed E-state index contributed by atoms with van der Waals surface area (Å²) in [6, 6.07) is 12.4. The van der Waals surface area contributed by atoms with Crippen LogP contribution in [0.1, 0.15) is 5.56 Å². The molecule has 0 aromatic heterocycles. The summed E-state index contributed by atoms with van der Waals surface area (Å²) in [5.74, 6) is 0. The van der Waals surface area contributed by atoms with Gasteiger partial charge in [-0.3, -0.25) is 0 Å². The zero-order chi connectivity index (χ0) is 11.7. The SMILES string of the molecule is Cc1ccc2cc([NH+]([O-])I(C)C)ccc2c1. The van der Waals surface area contributed by atoms with Crippen LogP contribution in [0.15, 0.2) is 36.4 Å². The Morgan fingerprint density at radius 3 is 2.31 bits per heavy atom. The first-order valence-electron chi connectivity index (χ1n) is 5.13. The predicted molar refractivity (Wildman–Crippen MR) is 78.5 cm³/mol. The number of halogens is 1. The predicted octanol–water partition coefficient (Wildman–Crippen LogP) is 2.84. The zero-order valence-corrected chi connectivity index (χ0v) is 11.9. The molecule has 2 aromatic rings. The van der Waals surface area contributed by atoms with Gasteiger partial charge in [0.25, 0.3) is 0 Å². The van der Waals surface area contributed by atoms with Crippen molar-refractivity contribution in [3.8, 4) is 0 Å². The van der Waals surface area contributed by atoms with Crippen molar-refractivity contribution in [1.29, 1.82) is 0 Å². The van der Waals surface area contributed by atoms with E-state index >= 15 is 0 Å². The van der Waals surface area contributed by atoms with E-state index in [1.807, 2.05) is 12.1 Å². The van der Waals surface area contributed by atoms with E-state index < -0.39 is 20.1 Å². The Morgan fingerprint density at radius 2 is 1.62 bits per heavy atom. The number of benzene rings is 2. The van der Waals surface area contributed by atoms with Crippen LogP contribution < -0.4 is 3.28 Å². The summed E-state index contributed by atoms with van der Waals surface area (Å²) >= 11 is -1.38. The van der Waals surface area contributed by atoms with E-state index in [0.29, 0.717) is 3.28 Å². The minimum atomic E-state index is -1.38. The fraction of sp³-hybridized carbons (Fsp3) is 0.231. The summed E-state index contributed by atoms with van der Waals surface area (Å²) in [5.41, 5.74) is 2.14. The molecule has 2 rings (SSSR count). The Balaban J connectivity index is 2.48. The van der Waals surface area contributed by atoms with E-state index in [9.17, 15) is 5.21 Å². The molecular formula is C13H16INO. The summed E-state index contributed by atoms with van der Waals surface area (Å²) in [7, 11) is 0. The third-order valence-corrected chi connectivity index (χ3v) is 5.15. The van der Waals surface area contributed by atoms with Crippen LogP contribution in [0.2, 0.25) is 0 Å². The van der Waals surface area contributed by atoms with Gasteiger partial charge in [0.05, 0.1) is 0 Å².